The summed E-state index contributed by atoms with van der Waals surface area (Å²) in [7, 11) is 3.12. The second kappa shape index (κ2) is 7.31. The number of carbonyl (C=O) groups is 1. The maximum absolute atomic E-state index is 11.9. The summed E-state index contributed by atoms with van der Waals surface area (Å²) in [6.45, 7) is 0.341. The number of carbonyl (C=O) groups excluding carboxylic acids is 1. The van der Waals surface area contributed by atoms with E-state index in [1.54, 1.807) is 44.7 Å². The van der Waals surface area contributed by atoms with E-state index in [2.05, 4.69) is 5.32 Å². The third kappa shape index (κ3) is 3.88. The number of hydrogen-bond donors (Lipinski definition) is 1. The summed E-state index contributed by atoms with van der Waals surface area (Å²) in [5, 5.41) is 2.77. The lowest BCUT2D eigenvalue weighted by molar-refractivity contribution is -0.121. The molecule has 0 spiro atoms. The first-order valence-electron chi connectivity index (χ1n) is 6.77. The van der Waals surface area contributed by atoms with E-state index in [0.717, 1.165) is 5.56 Å². The van der Waals surface area contributed by atoms with E-state index < -0.39 is 0 Å². The fraction of sp³-hybridized carbons (Fsp3) is 0.250. The Morgan fingerprint density at radius 1 is 1.14 bits per heavy atom. The third-order valence-corrected chi connectivity index (χ3v) is 3.15. The zero-order chi connectivity index (χ0) is 15.9. The van der Waals surface area contributed by atoms with E-state index in [0.29, 0.717) is 18.0 Å². The lowest BCUT2D eigenvalue weighted by Crippen LogP contribution is -2.31. The van der Waals surface area contributed by atoms with Crippen molar-refractivity contribution in [2.24, 2.45) is 0 Å². The van der Waals surface area contributed by atoms with Gasteiger partial charge in [-0.15, -0.1) is 0 Å². The summed E-state index contributed by atoms with van der Waals surface area (Å²) in [6.07, 6.45) is 1.58. The van der Waals surface area contributed by atoms with Crippen LogP contribution in [-0.4, -0.2) is 24.7 Å². The molecule has 1 N–H and O–H groups in total. The lowest BCUT2D eigenvalue weighted by atomic mass is 10.2. The van der Waals surface area contributed by atoms with E-state index in [-0.39, 0.29) is 18.0 Å². The minimum atomic E-state index is -0.233. The van der Waals surface area contributed by atoms with Crippen molar-refractivity contribution in [3.63, 3.8) is 0 Å². The van der Waals surface area contributed by atoms with Crippen molar-refractivity contribution in [2.45, 2.75) is 13.1 Å². The largest absolute Gasteiger partial charge is 0.493 e. The highest BCUT2D eigenvalue weighted by Gasteiger charge is 2.07. The van der Waals surface area contributed by atoms with Crippen molar-refractivity contribution >= 4 is 5.91 Å². The summed E-state index contributed by atoms with van der Waals surface area (Å²) in [5.74, 6) is 1.00. The highest BCUT2D eigenvalue weighted by atomic mass is 16.5. The van der Waals surface area contributed by atoms with Gasteiger partial charge in [-0.05, 0) is 23.8 Å². The van der Waals surface area contributed by atoms with Crippen LogP contribution in [0.3, 0.4) is 0 Å². The van der Waals surface area contributed by atoms with Gasteiger partial charge in [-0.3, -0.25) is 9.59 Å². The molecule has 0 aliphatic rings. The van der Waals surface area contributed by atoms with E-state index in [1.807, 2.05) is 6.07 Å². The van der Waals surface area contributed by atoms with Crippen molar-refractivity contribution in [1.82, 2.24) is 9.88 Å². The molecule has 1 amide bonds. The molecular weight excluding hydrogens is 284 g/mol. The van der Waals surface area contributed by atoms with Gasteiger partial charge in [0.1, 0.15) is 6.54 Å². The van der Waals surface area contributed by atoms with Gasteiger partial charge in [0.05, 0.1) is 14.2 Å². The van der Waals surface area contributed by atoms with E-state index >= 15 is 0 Å². The van der Waals surface area contributed by atoms with E-state index in [1.165, 1.54) is 10.6 Å². The molecule has 6 heteroatoms. The molecular formula is C16H18N2O4. The monoisotopic (exact) mass is 302 g/mol. The van der Waals surface area contributed by atoms with Crippen LogP contribution in [0.2, 0.25) is 0 Å². The Labute approximate surface area is 128 Å². The third-order valence-electron chi connectivity index (χ3n) is 3.15. The number of methoxy groups -OCH3 is 2. The van der Waals surface area contributed by atoms with Crippen molar-refractivity contribution in [1.29, 1.82) is 0 Å². The van der Waals surface area contributed by atoms with Gasteiger partial charge in [0, 0.05) is 18.8 Å². The summed E-state index contributed by atoms with van der Waals surface area (Å²) in [4.78, 5) is 23.4. The molecule has 22 heavy (non-hydrogen) atoms. The molecule has 0 aliphatic heterocycles. The molecule has 6 nitrogen and oxygen atoms in total. The standard InChI is InChI=1S/C16H18N2O4/c1-21-13-7-6-12(9-14(13)22-2)10-17-15(19)11-18-8-4-3-5-16(18)20/h3-9H,10-11H2,1-2H3,(H,17,19). The molecule has 2 rings (SSSR count). The Morgan fingerprint density at radius 2 is 1.91 bits per heavy atom. The summed E-state index contributed by atoms with van der Waals surface area (Å²) < 4.78 is 11.7. The minimum Gasteiger partial charge on any atom is -0.493 e. The summed E-state index contributed by atoms with van der Waals surface area (Å²) >= 11 is 0. The molecule has 116 valence electrons. The van der Waals surface area contributed by atoms with Crippen molar-refractivity contribution < 1.29 is 14.3 Å². The normalized spacial score (nSPS) is 10.1. The topological polar surface area (TPSA) is 69.6 Å². The predicted octanol–water partition coefficient (Wildman–Crippen LogP) is 1.18. The quantitative estimate of drug-likeness (QED) is 0.870. The van der Waals surface area contributed by atoms with Gasteiger partial charge < -0.3 is 19.4 Å². The second-order valence-electron chi connectivity index (χ2n) is 4.63. The first-order chi connectivity index (χ1) is 10.6. The highest BCUT2D eigenvalue weighted by Crippen LogP contribution is 2.27. The Balaban J connectivity index is 1.97. The van der Waals surface area contributed by atoms with Gasteiger partial charge in [-0.1, -0.05) is 12.1 Å². The van der Waals surface area contributed by atoms with Crippen LogP contribution in [0.1, 0.15) is 5.56 Å². The minimum absolute atomic E-state index is 0.00698. The number of hydrogen-bond acceptors (Lipinski definition) is 4. The number of ether oxygens (including phenoxy) is 2. The molecule has 0 saturated carbocycles. The van der Waals surface area contributed by atoms with Gasteiger partial charge in [0.15, 0.2) is 11.5 Å². The molecule has 1 aromatic carbocycles. The van der Waals surface area contributed by atoms with E-state index in [9.17, 15) is 9.59 Å². The lowest BCUT2D eigenvalue weighted by Gasteiger charge is -2.11. The fourth-order valence-corrected chi connectivity index (χ4v) is 1.99. The maximum atomic E-state index is 11.9. The number of pyridine rings is 1. The predicted molar refractivity (Wildman–Crippen MR) is 82.1 cm³/mol. The zero-order valence-corrected chi connectivity index (χ0v) is 12.5. The van der Waals surface area contributed by atoms with Crippen molar-refractivity contribution in [2.75, 3.05) is 14.2 Å². The highest BCUT2D eigenvalue weighted by molar-refractivity contribution is 5.75. The number of nitrogens with one attached hydrogen (secondary N) is 1. The average Bonchev–Trinajstić information content (AvgIpc) is 2.54. The first kappa shape index (κ1) is 15.6. The van der Waals surface area contributed by atoms with Gasteiger partial charge in [-0.2, -0.15) is 0 Å². The van der Waals surface area contributed by atoms with Crippen LogP contribution < -0.4 is 20.3 Å². The van der Waals surface area contributed by atoms with Crippen LogP contribution in [0, 0.1) is 0 Å². The van der Waals surface area contributed by atoms with Crippen molar-refractivity contribution in [3.05, 3.63) is 58.5 Å². The molecule has 0 bridgehead atoms. The number of rotatable bonds is 6. The van der Waals surface area contributed by atoms with Gasteiger partial charge in [0.25, 0.3) is 5.56 Å². The Bertz CT molecular complexity index is 709. The summed E-state index contributed by atoms with van der Waals surface area (Å²) in [5.41, 5.74) is 0.676. The first-order valence-corrected chi connectivity index (χ1v) is 6.77. The molecule has 1 aromatic heterocycles. The van der Waals surface area contributed by atoms with Crippen LogP contribution in [0.4, 0.5) is 0 Å². The van der Waals surface area contributed by atoms with Crippen LogP contribution in [0.15, 0.2) is 47.4 Å². The van der Waals surface area contributed by atoms with Gasteiger partial charge in [0.2, 0.25) is 5.91 Å². The second-order valence-corrected chi connectivity index (χ2v) is 4.63. The number of nitrogens with zero attached hydrogens (tertiary/aromatic N) is 1. The van der Waals surface area contributed by atoms with Gasteiger partial charge >= 0.3 is 0 Å². The molecule has 0 radical (unpaired) electrons. The molecule has 0 unspecified atom stereocenters. The van der Waals surface area contributed by atoms with E-state index in [4.69, 9.17) is 9.47 Å². The Kier molecular flexibility index (Phi) is 5.19. The van der Waals surface area contributed by atoms with Crippen LogP contribution >= 0.6 is 0 Å². The number of benzene rings is 1. The number of aromatic nitrogens is 1. The smallest absolute Gasteiger partial charge is 0.250 e. The molecule has 0 fully saturated rings. The fourth-order valence-electron chi connectivity index (χ4n) is 1.99. The van der Waals surface area contributed by atoms with Gasteiger partial charge in [-0.25, -0.2) is 0 Å². The number of amides is 1. The molecule has 2 aromatic rings. The summed E-state index contributed by atoms with van der Waals surface area (Å²) in [6, 6.07) is 10.2. The Hall–Kier alpha value is -2.76. The van der Waals surface area contributed by atoms with Crippen molar-refractivity contribution in [3.8, 4) is 11.5 Å². The molecule has 0 atom stereocenters. The zero-order valence-electron chi connectivity index (χ0n) is 12.5. The van der Waals surface area contributed by atoms with Crippen LogP contribution in [0.25, 0.3) is 0 Å². The maximum Gasteiger partial charge on any atom is 0.250 e. The molecule has 0 aliphatic carbocycles. The molecule has 1 heterocycles. The van der Waals surface area contributed by atoms with Crippen LogP contribution in [0.5, 0.6) is 11.5 Å². The average molecular weight is 302 g/mol. The molecule has 0 saturated heterocycles. The Morgan fingerprint density at radius 3 is 2.59 bits per heavy atom. The SMILES string of the molecule is COc1ccc(CNC(=O)Cn2ccccc2=O)cc1OC. The van der Waals surface area contributed by atoms with Crippen LogP contribution in [-0.2, 0) is 17.9 Å².